The molecule has 0 aromatic heterocycles. The lowest BCUT2D eigenvalue weighted by Crippen LogP contribution is -2.43. The molecule has 2 amide bonds. The molecular weight excluding hydrogens is 194 g/mol. The second-order valence-corrected chi connectivity index (χ2v) is 4.20. The van der Waals surface area contributed by atoms with Gasteiger partial charge in [0.15, 0.2) is 0 Å². The fraction of sp³-hybridized carbons (Fsp3) is 0.800. The van der Waals surface area contributed by atoms with Gasteiger partial charge in [-0.05, 0) is 18.3 Å². The van der Waals surface area contributed by atoms with Crippen LogP contribution in [0, 0.1) is 11.8 Å². The number of nitrogens with one attached hydrogen (secondary N) is 1. The summed E-state index contributed by atoms with van der Waals surface area (Å²) in [7, 11) is 1.66. The van der Waals surface area contributed by atoms with E-state index < -0.39 is 11.8 Å². The Morgan fingerprint density at radius 2 is 2.13 bits per heavy atom. The van der Waals surface area contributed by atoms with E-state index >= 15 is 0 Å². The van der Waals surface area contributed by atoms with Gasteiger partial charge in [0.25, 0.3) is 0 Å². The van der Waals surface area contributed by atoms with Crippen molar-refractivity contribution in [2.75, 3.05) is 26.7 Å². The van der Waals surface area contributed by atoms with E-state index in [9.17, 15) is 9.59 Å². The number of hydrogen-bond donors (Lipinski definition) is 2. The topological polar surface area (TPSA) is 75.4 Å². The summed E-state index contributed by atoms with van der Waals surface area (Å²) in [4.78, 5) is 24.2. The minimum absolute atomic E-state index is 0.345. The molecule has 2 atom stereocenters. The van der Waals surface area contributed by atoms with Crippen molar-refractivity contribution in [2.24, 2.45) is 17.6 Å². The van der Waals surface area contributed by atoms with Crippen molar-refractivity contribution in [1.29, 1.82) is 0 Å². The highest BCUT2D eigenvalue weighted by molar-refractivity contribution is 6.34. The lowest BCUT2D eigenvalue weighted by Gasteiger charge is -2.16. The number of carbonyl (C=O) groups is 2. The molecule has 5 nitrogen and oxygen atoms in total. The average Bonchev–Trinajstić information content (AvgIpc) is 2.89. The summed E-state index contributed by atoms with van der Waals surface area (Å²) in [6.45, 7) is 3.52. The number of likely N-dealkylation sites (N-methyl/N-ethyl adjacent to an activating group) is 1. The number of hydrogen-bond acceptors (Lipinski definition) is 3. The zero-order valence-electron chi connectivity index (χ0n) is 9.32. The van der Waals surface area contributed by atoms with Gasteiger partial charge >= 0.3 is 11.8 Å². The summed E-state index contributed by atoms with van der Waals surface area (Å²) < 4.78 is 0. The zero-order valence-corrected chi connectivity index (χ0v) is 9.32. The van der Waals surface area contributed by atoms with Crippen LogP contribution < -0.4 is 11.1 Å². The quantitative estimate of drug-likeness (QED) is 0.599. The fourth-order valence-electron chi connectivity index (χ4n) is 1.52. The molecule has 0 aliphatic heterocycles. The third-order valence-electron chi connectivity index (χ3n) is 2.76. The van der Waals surface area contributed by atoms with Gasteiger partial charge in [0, 0.05) is 26.7 Å². The Labute approximate surface area is 90.0 Å². The van der Waals surface area contributed by atoms with Gasteiger partial charge in [-0.1, -0.05) is 6.92 Å². The molecule has 0 aromatic rings. The van der Waals surface area contributed by atoms with E-state index in [0.717, 1.165) is 6.42 Å². The fourth-order valence-corrected chi connectivity index (χ4v) is 1.52. The first-order valence-electron chi connectivity index (χ1n) is 5.29. The van der Waals surface area contributed by atoms with Crippen molar-refractivity contribution in [2.45, 2.75) is 13.3 Å². The van der Waals surface area contributed by atoms with Crippen LogP contribution >= 0.6 is 0 Å². The first kappa shape index (κ1) is 12.0. The van der Waals surface area contributed by atoms with Crippen LogP contribution in [0.1, 0.15) is 13.3 Å². The third-order valence-corrected chi connectivity index (χ3v) is 2.76. The molecule has 0 aromatic carbocycles. The summed E-state index contributed by atoms with van der Waals surface area (Å²) in [6, 6.07) is 0. The lowest BCUT2D eigenvalue weighted by atomic mass is 10.3. The molecule has 1 rings (SSSR count). The molecule has 0 spiro atoms. The molecule has 1 aliphatic carbocycles. The van der Waals surface area contributed by atoms with Crippen molar-refractivity contribution in [3.63, 3.8) is 0 Å². The van der Waals surface area contributed by atoms with Crippen LogP contribution in [0.2, 0.25) is 0 Å². The minimum Gasteiger partial charge on any atom is -0.347 e. The Kier molecular flexibility index (Phi) is 4.08. The third kappa shape index (κ3) is 3.51. The van der Waals surface area contributed by atoms with Crippen molar-refractivity contribution < 1.29 is 9.59 Å². The predicted octanol–water partition coefficient (Wildman–Crippen LogP) is -0.824. The van der Waals surface area contributed by atoms with Crippen molar-refractivity contribution in [3.8, 4) is 0 Å². The van der Waals surface area contributed by atoms with Gasteiger partial charge in [-0.25, -0.2) is 0 Å². The van der Waals surface area contributed by atoms with E-state index in [4.69, 9.17) is 5.73 Å². The average molecular weight is 213 g/mol. The predicted molar refractivity (Wildman–Crippen MR) is 57.0 cm³/mol. The Bertz CT molecular complexity index is 255. The van der Waals surface area contributed by atoms with Gasteiger partial charge in [0.1, 0.15) is 0 Å². The maximum Gasteiger partial charge on any atom is 0.311 e. The van der Waals surface area contributed by atoms with Gasteiger partial charge in [-0.2, -0.15) is 0 Å². The van der Waals surface area contributed by atoms with E-state index in [1.807, 2.05) is 0 Å². The summed E-state index contributed by atoms with van der Waals surface area (Å²) in [5, 5.41) is 2.46. The molecule has 0 saturated heterocycles. The molecule has 0 heterocycles. The van der Waals surface area contributed by atoms with Crippen LogP contribution in [0.25, 0.3) is 0 Å². The highest BCUT2D eigenvalue weighted by atomic mass is 16.2. The van der Waals surface area contributed by atoms with Gasteiger partial charge in [-0.15, -0.1) is 0 Å². The largest absolute Gasteiger partial charge is 0.347 e. The molecule has 86 valence electrons. The SMILES string of the molecule is CC1CC1CN(C)C(=O)C(=O)NCCN. The van der Waals surface area contributed by atoms with E-state index in [1.165, 1.54) is 4.90 Å². The highest BCUT2D eigenvalue weighted by Crippen LogP contribution is 2.37. The Morgan fingerprint density at radius 3 is 2.60 bits per heavy atom. The van der Waals surface area contributed by atoms with Crippen LogP contribution in [0.15, 0.2) is 0 Å². The molecule has 0 radical (unpaired) electrons. The maximum absolute atomic E-state index is 11.5. The second-order valence-electron chi connectivity index (χ2n) is 4.20. The second kappa shape index (κ2) is 5.11. The van der Waals surface area contributed by atoms with Crippen LogP contribution in [0.3, 0.4) is 0 Å². The van der Waals surface area contributed by atoms with Crippen LogP contribution in [-0.2, 0) is 9.59 Å². The van der Waals surface area contributed by atoms with Crippen molar-refractivity contribution >= 4 is 11.8 Å². The Morgan fingerprint density at radius 1 is 1.53 bits per heavy atom. The molecule has 15 heavy (non-hydrogen) atoms. The molecular formula is C10H19N3O2. The summed E-state index contributed by atoms with van der Waals surface area (Å²) in [6.07, 6.45) is 1.15. The van der Waals surface area contributed by atoms with Gasteiger partial charge in [0.05, 0.1) is 0 Å². The summed E-state index contributed by atoms with van der Waals surface area (Å²) >= 11 is 0. The van der Waals surface area contributed by atoms with Crippen LogP contribution in [-0.4, -0.2) is 43.4 Å². The minimum atomic E-state index is -0.559. The molecule has 1 saturated carbocycles. The lowest BCUT2D eigenvalue weighted by molar-refractivity contribution is -0.145. The van der Waals surface area contributed by atoms with Gasteiger partial charge in [0.2, 0.25) is 0 Å². The zero-order chi connectivity index (χ0) is 11.4. The molecule has 1 fully saturated rings. The number of nitrogens with two attached hydrogens (primary N) is 1. The molecule has 1 aliphatic rings. The van der Waals surface area contributed by atoms with E-state index in [1.54, 1.807) is 7.05 Å². The summed E-state index contributed by atoms with van der Waals surface area (Å²) in [5.74, 6) is 0.229. The molecule has 2 unspecified atom stereocenters. The smallest absolute Gasteiger partial charge is 0.311 e. The first-order chi connectivity index (χ1) is 7.06. The van der Waals surface area contributed by atoms with Crippen LogP contribution in [0.5, 0.6) is 0 Å². The number of rotatable bonds is 4. The van der Waals surface area contributed by atoms with Crippen molar-refractivity contribution in [1.82, 2.24) is 10.2 Å². The highest BCUT2D eigenvalue weighted by Gasteiger charge is 2.35. The van der Waals surface area contributed by atoms with E-state index in [2.05, 4.69) is 12.2 Å². The van der Waals surface area contributed by atoms with E-state index in [-0.39, 0.29) is 0 Å². The molecule has 0 bridgehead atoms. The maximum atomic E-state index is 11.5. The number of nitrogens with zero attached hydrogens (tertiary/aromatic N) is 1. The van der Waals surface area contributed by atoms with Crippen molar-refractivity contribution in [3.05, 3.63) is 0 Å². The molecule has 3 N–H and O–H groups in total. The monoisotopic (exact) mass is 213 g/mol. The van der Waals surface area contributed by atoms with Gasteiger partial charge < -0.3 is 16.0 Å². The Balaban J connectivity index is 2.28. The van der Waals surface area contributed by atoms with E-state index in [0.29, 0.717) is 31.5 Å². The van der Waals surface area contributed by atoms with Crippen LogP contribution in [0.4, 0.5) is 0 Å². The summed E-state index contributed by atoms with van der Waals surface area (Å²) in [5.41, 5.74) is 5.22. The molecule has 5 heteroatoms. The Hall–Kier alpha value is -1.10. The number of carbonyl (C=O) groups excluding carboxylic acids is 2. The van der Waals surface area contributed by atoms with Gasteiger partial charge in [-0.3, -0.25) is 9.59 Å². The standard InChI is InChI=1S/C10H19N3O2/c1-7-5-8(7)6-13(2)10(15)9(14)12-4-3-11/h7-8H,3-6,11H2,1-2H3,(H,12,14). The normalized spacial score (nSPS) is 23.4. The number of amides is 2. The first-order valence-corrected chi connectivity index (χ1v) is 5.29.